The molecule has 0 saturated carbocycles. The molecule has 0 heterocycles. The van der Waals surface area contributed by atoms with E-state index in [1.165, 1.54) is 116 Å². The molecule has 0 aromatic carbocycles. The zero-order chi connectivity index (χ0) is 45.8. The predicted octanol–water partition coefficient (Wildman–Crippen LogP) is 17.4. The Morgan fingerprint density at radius 2 is 0.619 bits per heavy atom. The van der Waals surface area contributed by atoms with Crippen LogP contribution in [0.3, 0.4) is 0 Å². The molecule has 0 fully saturated rings. The maximum absolute atomic E-state index is 12.7. The number of carbonyl (C=O) groups is 3. The van der Waals surface area contributed by atoms with Gasteiger partial charge in [-0.25, -0.2) is 0 Å². The molecule has 6 nitrogen and oxygen atoms in total. The Balaban J connectivity index is 4.05. The van der Waals surface area contributed by atoms with E-state index in [1.807, 2.05) is 0 Å². The minimum atomic E-state index is -0.769. The first-order valence-electron chi connectivity index (χ1n) is 26.4. The van der Waals surface area contributed by atoms with Gasteiger partial charge in [-0.15, -0.1) is 0 Å². The minimum Gasteiger partial charge on any atom is -0.462 e. The number of rotatable bonds is 47. The number of carbonyl (C=O) groups excluding carboxylic acids is 3. The van der Waals surface area contributed by atoms with E-state index in [0.717, 1.165) is 96.3 Å². The van der Waals surface area contributed by atoms with Crippen molar-refractivity contribution in [3.63, 3.8) is 0 Å². The molecular formula is C57H98O6. The van der Waals surface area contributed by atoms with Crippen molar-refractivity contribution in [2.24, 2.45) is 0 Å². The number of esters is 3. The fourth-order valence-corrected chi connectivity index (χ4v) is 7.27. The molecule has 0 spiro atoms. The van der Waals surface area contributed by atoms with E-state index in [9.17, 15) is 14.4 Å². The molecular weight excluding hydrogens is 781 g/mol. The van der Waals surface area contributed by atoms with Crippen LogP contribution in [0, 0.1) is 0 Å². The lowest BCUT2D eigenvalue weighted by Crippen LogP contribution is -2.30. The molecule has 0 aromatic rings. The Kier molecular flexibility index (Phi) is 48.9. The van der Waals surface area contributed by atoms with Crippen molar-refractivity contribution in [3.05, 3.63) is 72.9 Å². The molecule has 0 aromatic heterocycles. The second-order valence-corrected chi connectivity index (χ2v) is 17.4. The predicted molar refractivity (Wildman–Crippen MR) is 270 cm³/mol. The first-order chi connectivity index (χ1) is 31.0. The molecule has 0 amide bonds. The Bertz CT molecular complexity index is 1190. The van der Waals surface area contributed by atoms with Gasteiger partial charge in [0.15, 0.2) is 6.10 Å². The summed E-state index contributed by atoms with van der Waals surface area (Å²) >= 11 is 0. The highest BCUT2D eigenvalue weighted by atomic mass is 16.6. The summed E-state index contributed by atoms with van der Waals surface area (Å²) in [7, 11) is 0. The van der Waals surface area contributed by atoms with Gasteiger partial charge in [-0.05, 0) is 70.6 Å². The summed E-state index contributed by atoms with van der Waals surface area (Å²) in [5.41, 5.74) is 0. The van der Waals surface area contributed by atoms with Crippen molar-refractivity contribution >= 4 is 17.9 Å². The van der Waals surface area contributed by atoms with Gasteiger partial charge in [0.1, 0.15) is 13.2 Å². The van der Waals surface area contributed by atoms with Gasteiger partial charge in [-0.3, -0.25) is 14.4 Å². The summed E-state index contributed by atoms with van der Waals surface area (Å²) in [6, 6.07) is 0. The zero-order valence-electron chi connectivity index (χ0n) is 41.3. The van der Waals surface area contributed by atoms with Crippen molar-refractivity contribution in [1.82, 2.24) is 0 Å². The maximum Gasteiger partial charge on any atom is 0.306 e. The number of unbranched alkanes of at least 4 members (excludes halogenated alkanes) is 24. The van der Waals surface area contributed by atoms with Gasteiger partial charge in [0.05, 0.1) is 0 Å². The highest BCUT2D eigenvalue weighted by Gasteiger charge is 2.19. The third-order valence-corrected chi connectivity index (χ3v) is 11.2. The second kappa shape index (κ2) is 51.5. The third kappa shape index (κ3) is 49.7. The van der Waals surface area contributed by atoms with Crippen LogP contribution in [0.5, 0.6) is 0 Å². The smallest absolute Gasteiger partial charge is 0.306 e. The SMILES string of the molecule is CC/C=C\C/C=C\C/C=C\C/C=C\C/C=C\C/C=C\CCCCCCCCCCCCC(=O)OCC(COC(=O)CCCCCCCCC)OC(=O)CCCCCCCCCCC. The molecule has 0 rings (SSSR count). The first kappa shape index (κ1) is 59.9. The summed E-state index contributed by atoms with van der Waals surface area (Å²) < 4.78 is 16.7. The lowest BCUT2D eigenvalue weighted by Gasteiger charge is -2.18. The summed E-state index contributed by atoms with van der Waals surface area (Å²) in [4.78, 5) is 37.7. The average Bonchev–Trinajstić information content (AvgIpc) is 3.28. The van der Waals surface area contributed by atoms with Crippen molar-refractivity contribution < 1.29 is 28.6 Å². The van der Waals surface area contributed by atoms with Crippen molar-refractivity contribution in [2.75, 3.05) is 13.2 Å². The summed E-state index contributed by atoms with van der Waals surface area (Å²) in [6.07, 6.45) is 64.9. The van der Waals surface area contributed by atoms with E-state index in [2.05, 4.69) is 93.7 Å². The van der Waals surface area contributed by atoms with Gasteiger partial charge < -0.3 is 14.2 Å². The molecule has 362 valence electrons. The van der Waals surface area contributed by atoms with Gasteiger partial charge >= 0.3 is 17.9 Å². The Morgan fingerprint density at radius 1 is 0.333 bits per heavy atom. The van der Waals surface area contributed by atoms with Crippen LogP contribution >= 0.6 is 0 Å². The summed E-state index contributed by atoms with van der Waals surface area (Å²) in [5.74, 6) is -0.886. The lowest BCUT2D eigenvalue weighted by molar-refractivity contribution is -0.167. The van der Waals surface area contributed by atoms with Gasteiger partial charge in [0.2, 0.25) is 0 Å². The number of hydrogen-bond acceptors (Lipinski definition) is 6. The zero-order valence-corrected chi connectivity index (χ0v) is 41.3. The average molecular weight is 879 g/mol. The quantitative estimate of drug-likeness (QED) is 0.0262. The maximum atomic E-state index is 12.7. The van der Waals surface area contributed by atoms with E-state index >= 15 is 0 Å². The molecule has 0 aliphatic heterocycles. The Hall–Kier alpha value is -3.15. The molecule has 0 aliphatic carbocycles. The second-order valence-electron chi connectivity index (χ2n) is 17.4. The third-order valence-electron chi connectivity index (χ3n) is 11.2. The Morgan fingerprint density at radius 3 is 0.968 bits per heavy atom. The fraction of sp³-hybridized carbons (Fsp3) is 0.737. The molecule has 63 heavy (non-hydrogen) atoms. The monoisotopic (exact) mass is 879 g/mol. The van der Waals surface area contributed by atoms with Crippen LogP contribution < -0.4 is 0 Å². The highest BCUT2D eigenvalue weighted by Crippen LogP contribution is 2.15. The lowest BCUT2D eigenvalue weighted by atomic mass is 10.1. The molecule has 0 aliphatic rings. The number of hydrogen-bond donors (Lipinski definition) is 0. The van der Waals surface area contributed by atoms with Crippen LogP contribution in [0.15, 0.2) is 72.9 Å². The largest absolute Gasteiger partial charge is 0.462 e. The van der Waals surface area contributed by atoms with E-state index in [0.29, 0.717) is 19.3 Å². The van der Waals surface area contributed by atoms with Crippen molar-refractivity contribution in [1.29, 1.82) is 0 Å². The molecule has 0 bridgehead atoms. The first-order valence-corrected chi connectivity index (χ1v) is 26.4. The summed E-state index contributed by atoms with van der Waals surface area (Å²) in [6.45, 7) is 6.46. The van der Waals surface area contributed by atoms with Crippen molar-refractivity contribution in [2.45, 2.75) is 258 Å². The van der Waals surface area contributed by atoms with Crippen LogP contribution in [0.4, 0.5) is 0 Å². The molecule has 0 radical (unpaired) electrons. The minimum absolute atomic E-state index is 0.0738. The van der Waals surface area contributed by atoms with E-state index in [4.69, 9.17) is 14.2 Å². The Labute approximate surface area is 389 Å². The highest BCUT2D eigenvalue weighted by molar-refractivity contribution is 5.71. The normalized spacial score (nSPS) is 12.6. The van der Waals surface area contributed by atoms with E-state index in [-0.39, 0.29) is 31.1 Å². The number of ether oxygens (including phenoxy) is 3. The van der Waals surface area contributed by atoms with Crippen LogP contribution in [0.2, 0.25) is 0 Å². The van der Waals surface area contributed by atoms with Crippen molar-refractivity contribution in [3.8, 4) is 0 Å². The number of allylic oxidation sites excluding steroid dienone is 12. The van der Waals surface area contributed by atoms with E-state index < -0.39 is 6.10 Å². The standard InChI is InChI=1S/C57H98O6/c1-4-7-10-13-16-18-19-20-21-22-23-24-25-26-27-28-29-30-31-32-33-34-35-36-37-39-41-44-47-50-56(59)62-53-54(52-61-55(58)49-46-43-40-15-12-9-6-3)63-57(60)51-48-45-42-38-17-14-11-8-5-2/h7,10,16,18,20-21,23-24,26-27,29-30,54H,4-6,8-9,11-15,17,19,22,25,28,31-53H2,1-3H3/b10-7-,18-16-,21-20-,24-23-,27-26-,30-29-. The molecule has 6 heteroatoms. The fourth-order valence-electron chi connectivity index (χ4n) is 7.27. The van der Waals surface area contributed by atoms with Gasteiger partial charge in [0, 0.05) is 19.3 Å². The van der Waals surface area contributed by atoms with Crippen LogP contribution in [-0.2, 0) is 28.6 Å². The van der Waals surface area contributed by atoms with Crippen LogP contribution in [0.1, 0.15) is 252 Å². The molecule has 0 saturated heterocycles. The summed E-state index contributed by atoms with van der Waals surface area (Å²) in [5, 5.41) is 0. The molecule has 1 atom stereocenters. The molecule has 0 N–H and O–H groups in total. The van der Waals surface area contributed by atoms with Crippen LogP contribution in [0.25, 0.3) is 0 Å². The van der Waals surface area contributed by atoms with Crippen LogP contribution in [-0.4, -0.2) is 37.2 Å². The van der Waals surface area contributed by atoms with Gasteiger partial charge in [-0.1, -0.05) is 235 Å². The van der Waals surface area contributed by atoms with E-state index in [1.54, 1.807) is 0 Å². The van der Waals surface area contributed by atoms with Gasteiger partial charge in [0.25, 0.3) is 0 Å². The molecule has 1 unspecified atom stereocenters. The topological polar surface area (TPSA) is 78.9 Å². The van der Waals surface area contributed by atoms with Gasteiger partial charge in [-0.2, -0.15) is 0 Å².